The van der Waals surface area contributed by atoms with Crippen LogP contribution in [0.5, 0.6) is 0 Å². The van der Waals surface area contributed by atoms with Gasteiger partial charge in [-0.25, -0.2) is 9.78 Å². The first-order valence-electron chi connectivity index (χ1n) is 19.1. The highest BCUT2D eigenvalue weighted by molar-refractivity contribution is 5.71. The van der Waals surface area contributed by atoms with Gasteiger partial charge in [-0.1, -0.05) is 84.0 Å². The van der Waals surface area contributed by atoms with Crippen LogP contribution < -0.4 is 0 Å². The highest BCUT2D eigenvalue weighted by atomic mass is 17.3. The lowest BCUT2D eigenvalue weighted by Crippen LogP contribution is -2.30. The molecular weight excluding hydrogens is 652 g/mol. The van der Waals surface area contributed by atoms with Crippen molar-refractivity contribution in [1.82, 2.24) is 0 Å². The Kier molecular flexibility index (Phi) is 28.1. The highest BCUT2D eigenvalue weighted by Crippen LogP contribution is 2.23. The van der Waals surface area contributed by atoms with E-state index in [9.17, 15) is 24.0 Å². The summed E-state index contributed by atoms with van der Waals surface area (Å²) in [6.45, 7) is 1.74. The van der Waals surface area contributed by atoms with E-state index in [1.165, 1.54) is 32.1 Å². The molecule has 0 aromatic rings. The summed E-state index contributed by atoms with van der Waals surface area (Å²) in [5, 5.41) is 17.4. The van der Waals surface area contributed by atoms with Crippen LogP contribution in [-0.4, -0.2) is 72.0 Å². The number of unbranched alkanes of at least 4 members (excludes halogenated alkanes) is 15. The van der Waals surface area contributed by atoms with Gasteiger partial charge in [-0.2, -0.15) is 0 Å². The van der Waals surface area contributed by atoms with E-state index in [4.69, 9.17) is 38.9 Å². The molecule has 3 unspecified atom stereocenters. The number of rotatable bonds is 34. The Balaban J connectivity index is 2.26. The molecule has 0 aromatic carbocycles. The standard InChI is InChI=1S/C37H64O13/c1-2-3-4-5-8-19-26-36-48-37(50-49-36)27-20-9-6-7-16-23-33(42)45-28-30(47-35(44)25-18-13-11-15-22-32(40)41)29-46-34(43)24-17-12-10-14-21-31(38)39/h30,36-37H,2-29H2,1H3,(H,38,39)(H,40,41). The number of hydrogen-bond acceptors (Lipinski definition) is 11. The summed E-state index contributed by atoms with van der Waals surface area (Å²) in [4.78, 5) is 68.9. The van der Waals surface area contributed by atoms with Crippen LogP contribution in [0, 0.1) is 0 Å². The summed E-state index contributed by atoms with van der Waals surface area (Å²) >= 11 is 0. The van der Waals surface area contributed by atoms with E-state index in [1.54, 1.807) is 0 Å². The van der Waals surface area contributed by atoms with Crippen molar-refractivity contribution in [3.05, 3.63) is 0 Å². The number of carboxylic acid groups (broad SMARTS) is 2. The predicted octanol–water partition coefficient (Wildman–Crippen LogP) is 7.95. The number of hydrogen-bond donors (Lipinski definition) is 2. The van der Waals surface area contributed by atoms with Crippen molar-refractivity contribution in [2.45, 2.75) is 193 Å². The van der Waals surface area contributed by atoms with Crippen molar-refractivity contribution in [3.8, 4) is 0 Å². The van der Waals surface area contributed by atoms with Crippen LogP contribution in [0.15, 0.2) is 0 Å². The predicted molar refractivity (Wildman–Crippen MR) is 184 cm³/mol. The van der Waals surface area contributed by atoms with Gasteiger partial charge >= 0.3 is 29.8 Å². The molecule has 1 saturated heterocycles. The van der Waals surface area contributed by atoms with Crippen molar-refractivity contribution in [1.29, 1.82) is 0 Å². The highest BCUT2D eigenvalue weighted by Gasteiger charge is 2.27. The largest absolute Gasteiger partial charge is 0.481 e. The summed E-state index contributed by atoms with van der Waals surface area (Å²) in [7, 11) is 0. The maximum Gasteiger partial charge on any atom is 0.306 e. The van der Waals surface area contributed by atoms with Crippen molar-refractivity contribution < 1.29 is 62.9 Å². The summed E-state index contributed by atoms with van der Waals surface area (Å²) in [6, 6.07) is 0. The Hall–Kier alpha value is -2.77. The van der Waals surface area contributed by atoms with Crippen LogP contribution in [0.1, 0.15) is 174 Å². The zero-order valence-electron chi connectivity index (χ0n) is 30.4. The van der Waals surface area contributed by atoms with Crippen molar-refractivity contribution in [2.24, 2.45) is 0 Å². The van der Waals surface area contributed by atoms with E-state index >= 15 is 0 Å². The molecule has 1 fully saturated rings. The minimum absolute atomic E-state index is 0.0898. The molecule has 1 rings (SSSR count). The lowest BCUT2D eigenvalue weighted by Gasteiger charge is -2.18. The van der Waals surface area contributed by atoms with Gasteiger partial charge in [0.2, 0.25) is 0 Å². The Morgan fingerprint density at radius 2 is 0.860 bits per heavy atom. The zero-order chi connectivity index (χ0) is 36.7. The quantitative estimate of drug-likeness (QED) is 0.0284. The number of aliphatic carboxylic acids is 2. The molecule has 1 heterocycles. The molecule has 0 bridgehead atoms. The summed E-state index contributed by atoms with van der Waals surface area (Å²) in [5.74, 6) is -3.09. The fraction of sp³-hybridized carbons (Fsp3) is 0.865. The molecule has 0 aromatic heterocycles. The molecule has 13 heteroatoms. The summed E-state index contributed by atoms with van der Waals surface area (Å²) in [5.41, 5.74) is 0. The van der Waals surface area contributed by atoms with Gasteiger partial charge in [-0.15, -0.1) is 0 Å². The molecule has 0 radical (unpaired) electrons. The number of esters is 3. The lowest BCUT2D eigenvalue weighted by molar-refractivity contribution is -0.298. The van der Waals surface area contributed by atoms with E-state index in [0.717, 1.165) is 44.9 Å². The number of ether oxygens (including phenoxy) is 4. The Labute approximate surface area is 298 Å². The van der Waals surface area contributed by atoms with Crippen LogP contribution in [0.3, 0.4) is 0 Å². The topological polar surface area (TPSA) is 181 Å². The summed E-state index contributed by atoms with van der Waals surface area (Å²) in [6.07, 6.45) is 17.4. The van der Waals surface area contributed by atoms with Crippen LogP contribution in [0.25, 0.3) is 0 Å². The van der Waals surface area contributed by atoms with Gasteiger partial charge in [-0.3, -0.25) is 24.0 Å². The third-order valence-corrected chi connectivity index (χ3v) is 8.39. The van der Waals surface area contributed by atoms with Crippen molar-refractivity contribution in [3.63, 3.8) is 0 Å². The van der Waals surface area contributed by atoms with Crippen molar-refractivity contribution in [2.75, 3.05) is 13.2 Å². The van der Waals surface area contributed by atoms with E-state index in [2.05, 4.69) is 6.92 Å². The first-order chi connectivity index (χ1) is 24.2. The molecule has 0 spiro atoms. The van der Waals surface area contributed by atoms with Gasteiger partial charge in [0.1, 0.15) is 13.2 Å². The molecule has 0 amide bonds. The van der Waals surface area contributed by atoms with Gasteiger partial charge in [0.25, 0.3) is 0 Å². The van der Waals surface area contributed by atoms with Crippen LogP contribution in [-0.2, 0) is 52.7 Å². The van der Waals surface area contributed by atoms with Crippen LogP contribution in [0.2, 0.25) is 0 Å². The van der Waals surface area contributed by atoms with Gasteiger partial charge < -0.3 is 29.2 Å². The van der Waals surface area contributed by atoms with E-state index in [-0.39, 0.29) is 57.9 Å². The lowest BCUT2D eigenvalue weighted by atomic mass is 10.1. The normalized spacial score (nSPS) is 16.2. The molecule has 2 N–H and O–H groups in total. The molecule has 13 nitrogen and oxygen atoms in total. The number of carbonyl (C=O) groups excluding carboxylic acids is 3. The monoisotopic (exact) mass is 716 g/mol. The Bertz CT molecular complexity index is 925. The minimum atomic E-state index is -0.938. The minimum Gasteiger partial charge on any atom is -0.481 e. The Morgan fingerprint density at radius 1 is 0.500 bits per heavy atom. The SMILES string of the molecule is CCCCCCCCC1OOC(CCCCCCCC(=O)OCC(COC(=O)CCCCCCC(=O)O)OC(=O)CCCCCCC(=O)O)O1. The van der Waals surface area contributed by atoms with E-state index < -0.39 is 36.0 Å². The van der Waals surface area contributed by atoms with Gasteiger partial charge in [-0.05, 0) is 44.9 Å². The molecule has 0 saturated carbocycles. The molecule has 1 aliphatic heterocycles. The molecule has 1 aliphatic rings. The third-order valence-electron chi connectivity index (χ3n) is 8.39. The Morgan fingerprint density at radius 3 is 1.28 bits per heavy atom. The van der Waals surface area contributed by atoms with Gasteiger partial charge in [0.15, 0.2) is 18.7 Å². The smallest absolute Gasteiger partial charge is 0.306 e. The van der Waals surface area contributed by atoms with Gasteiger partial charge in [0.05, 0.1) is 0 Å². The second-order valence-electron chi connectivity index (χ2n) is 13.1. The fourth-order valence-electron chi connectivity index (χ4n) is 5.45. The average molecular weight is 717 g/mol. The number of carboxylic acids is 2. The van der Waals surface area contributed by atoms with Crippen LogP contribution >= 0.6 is 0 Å². The van der Waals surface area contributed by atoms with Crippen molar-refractivity contribution >= 4 is 29.8 Å². The zero-order valence-corrected chi connectivity index (χ0v) is 30.4. The third kappa shape index (κ3) is 28.0. The number of carbonyl (C=O) groups is 5. The maximum absolute atomic E-state index is 12.4. The molecule has 0 aliphatic carbocycles. The molecular formula is C37H64O13. The average Bonchev–Trinajstić information content (AvgIpc) is 3.53. The van der Waals surface area contributed by atoms with E-state index in [1.807, 2.05) is 0 Å². The first-order valence-corrected chi connectivity index (χ1v) is 19.1. The molecule has 290 valence electrons. The molecule has 50 heavy (non-hydrogen) atoms. The fourth-order valence-corrected chi connectivity index (χ4v) is 5.45. The van der Waals surface area contributed by atoms with Crippen LogP contribution in [0.4, 0.5) is 0 Å². The second kappa shape index (κ2) is 31.0. The van der Waals surface area contributed by atoms with E-state index in [0.29, 0.717) is 57.8 Å². The summed E-state index contributed by atoms with van der Waals surface area (Å²) < 4.78 is 21.9. The maximum atomic E-state index is 12.4. The first kappa shape index (κ1) is 45.3. The second-order valence-corrected chi connectivity index (χ2v) is 13.1. The van der Waals surface area contributed by atoms with Gasteiger partial charge in [0, 0.05) is 44.9 Å². The molecule has 3 atom stereocenters.